The van der Waals surface area contributed by atoms with Crippen molar-refractivity contribution in [3.8, 4) is 0 Å². The summed E-state index contributed by atoms with van der Waals surface area (Å²) in [6.07, 6.45) is 2.72. The topological polar surface area (TPSA) is 49.4 Å². The number of unbranched alkanes of at least 4 members (excludes halogenated alkanes) is 1. The third-order valence-electron chi connectivity index (χ3n) is 3.80. The standard InChI is InChI=1S/C16H21BrN2O2/c1-3-4-9-19(2)16(21)12-10-11(12)15(20)18-14-8-6-5-7-13(14)17/h5-8,11-12H,3-4,9-10H2,1-2H3,(H,18,20). The predicted octanol–water partition coefficient (Wildman–Crippen LogP) is 3.28. The number of amides is 2. The first kappa shape index (κ1) is 16.0. The largest absolute Gasteiger partial charge is 0.346 e. The predicted molar refractivity (Wildman–Crippen MR) is 86.9 cm³/mol. The van der Waals surface area contributed by atoms with Crippen molar-refractivity contribution in [3.05, 3.63) is 28.7 Å². The van der Waals surface area contributed by atoms with Crippen LogP contribution < -0.4 is 5.32 Å². The Morgan fingerprint density at radius 1 is 1.33 bits per heavy atom. The maximum Gasteiger partial charge on any atom is 0.228 e. The average Bonchev–Trinajstić information content (AvgIpc) is 3.26. The highest BCUT2D eigenvalue weighted by Gasteiger charge is 2.49. The molecule has 0 saturated heterocycles. The maximum atomic E-state index is 12.2. The first-order valence-electron chi connectivity index (χ1n) is 7.35. The van der Waals surface area contributed by atoms with Crippen LogP contribution in [0.15, 0.2) is 28.7 Å². The van der Waals surface area contributed by atoms with E-state index in [1.807, 2.05) is 31.3 Å². The number of nitrogens with one attached hydrogen (secondary N) is 1. The molecule has 0 bridgehead atoms. The van der Waals surface area contributed by atoms with E-state index in [0.29, 0.717) is 6.42 Å². The van der Waals surface area contributed by atoms with E-state index in [9.17, 15) is 9.59 Å². The molecule has 0 aliphatic heterocycles. The molecule has 0 radical (unpaired) electrons. The number of halogens is 1. The van der Waals surface area contributed by atoms with Crippen LogP contribution in [0.2, 0.25) is 0 Å². The number of anilines is 1. The molecular formula is C16H21BrN2O2. The van der Waals surface area contributed by atoms with Crippen LogP contribution in [0.25, 0.3) is 0 Å². The average molecular weight is 353 g/mol. The van der Waals surface area contributed by atoms with Crippen molar-refractivity contribution < 1.29 is 9.59 Å². The van der Waals surface area contributed by atoms with E-state index in [4.69, 9.17) is 0 Å². The van der Waals surface area contributed by atoms with Crippen molar-refractivity contribution in [2.75, 3.05) is 18.9 Å². The van der Waals surface area contributed by atoms with Gasteiger partial charge in [-0.05, 0) is 40.9 Å². The number of carbonyl (C=O) groups is 2. The van der Waals surface area contributed by atoms with Crippen molar-refractivity contribution in [1.82, 2.24) is 4.90 Å². The van der Waals surface area contributed by atoms with Crippen molar-refractivity contribution in [1.29, 1.82) is 0 Å². The molecule has 5 heteroatoms. The summed E-state index contributed by atoms with van der Waals surface area (Å²) in [6, 6.07) is 7.48. The molecule has 1 aliphatic carbocycles. The third-order valence-corrected chi connectivity index (χ3v) is 4.49. The van der Waals surface area contributed by atoms with Crippen molar-refractivity contribution in [3.63, 3.8) is 0 Å². The van der Waals surface area contributed by atoms with Crippen molar-refractivity contribution in [2.24, 2.45) is 11.8 Å². The second-order valence-corrected chi connectivity index (χ2v) is 6.39. The Morgan fingerprint density at radius 3 is 2.71 bits per heavy atom. The van der Waals surface area contributed by atoms with Crippen LogP contribution in [-0.2, 0) is 9.59 Å². The van der Waals surface area contributed by atoms with Gasteiger partial charge < -0.3 is 10.2 Å². The van der Waals surface area contributed by atoms with Gasteiger partial charge >= 0.3 is 0 Å². The summed E-state index contributed by atoms with van der Waals surface area (Å²) < 4.78 is 0.849. The quantitative estimate of drug-likeness (QED) is 0.853. The molecular weight excluding hydrogens is 332 g/mol. The van der Waals surface area contributed by atoms with Gasteiger partial charge in [-0.3, -0.25) is 9.59 Å². The molecule has 1 fully saturated rings. The van der Waals surface area contributed by atoms with Crippen LogP contribution in [0.3, 0.4) is 0 Å². The second kappa shape index (κ2) is 7.07. The minimum Gasteiger partial charge on any atom is -0.346 e. The molecule has 2 rings (SSSR count). The number of para-hydroxylation sites is 1. The maximum absolute atomic E-state index is 12.2. The summed E-state index contributed by atoms with van der Waals surface area (Å²) in [5.74, 6) is -0.303. The fraction of sp³-hybridized carbons (Fsp3) is 0.500. The minimum absolute atomic E-state index is 0.0656. The van der Waals surface area contributed by atoms with E-state index in [-0.39, 0.29) is 23.7 Å². The van der Waals surface area contributed by atoms with E-state index in [0.717, 1.165) is 29.5 Å². The molecule has 1 aromatic rings. The van der Waals surface area contributed by atoms with Gasteiger partial charge in [0.05, 0.1) is 17.5 Å². The zero-order valence-corrected chi connectivity index (χ0v) is 14.0. The Labute approximate surface area is 134 Å². The van der Waals surface area contributed by atoms with Gasteiger partial charge in [0.1, 0.15) is 0 Å². The lowest BCUT2D eigenvalue weighted by atomic mass is 10.2. The number of carbonyl (C=O) groups excluding carboxylic acids is 2. The lowest BCUT2D eigenvalue weighted by Crippen LogP contribution is -2.30. The molecule has 1 N–H and O–H groups in total. The Kier molecular flexibility index (Phi) is 5.39. The molecule has 2 atom stereocenters. The first-order chi connectivity index (χ1) is 10.0. The molecule has 0 heterocycles. The molecule has 2 unspecified atom stereocenters. The highest BCUT2D eigenvalue weighted by atomic mass is 79.9. The Bertz CT molecular complexity index is 533. The van der Waals surface area contributed by atoms with E-state index >= 15 is 0 Å². The molecule has 21 heavy (non-hydrogen) atoms. The van der Waals surface area contributed by atoms with Crippen molar-refractivity contribution >= 4 is 33.4 Å². The molecule has 1 saturated carbocycles. The summed E-state index contributed by atoms with van der Waals surface area (Å²) in [6.45, 7) is 2.87. The normalized spacial score (nSPS) is 20.0. The molecule has 1 aromatic carbocycles. The SMILES string of the molecule is CCCCN(C)C(=O)C1CC1C(=O)Nc1ccccc1Br. The number of rotatable bonds is 6. The zero-order chi connectivity index (χ0) is 15.4. The molecule has 1 aliphatic rings. The van der Waals surface area contributed by atoms with E-state index in [1.54, 1.807) is 4.90 Å². The highest BCUT2D eigenvalue weighted by Crippen LogP contribution is 2.41. The van der Waals surface area contributed by atoms with Gasteiger partial charge in [-0.15, -0.1) is 0 Å². The van der Waals surface area contributed by atoms with Crippen LogP contribution in [0.5, 0.6) is 0 Å². The van der Waals surface area contributed by atoms with Crippen LogP contribution >= 0.6 is 15.9 Å². The number of nitrogens with zero attached hydrogens (tertiary/aromatic N) is 1. The van der Waals surface area contributed by atoms with Crippen LogP contribution in [0.1, 0.15) is 26.2 Å². The van der Waals surface area contributed by atoms with Crippen molar-refractivity contribution in [2.45, 2.75) is 26.2 Å². The molecule has 2 amide bonds. The minimum atomic E-state index is -0.186. The molecule has 4 nitrogen and oxygen atoms in total. The van der Waals surface area contributed by atoms with E-state index < -0.39 is 0 Å². The Hall–Kier alpha value is -1.36. The lowest BCUT2D eigenvalue weighted by molar-refractivity contribution is -0.132. The van der Waals surface area contributed by atoms with E-state index in [1.165, 1.54) is 0 Å². The summed E-state index contributed by atoms with van der Waals surface area (Å²) in [5, 5.41) is 2.88. The van der Waals surface area contributed by atoms with Gasteiger partial charge in [0.2, 0.25) is 11.8 Å². The number of hydrogen-bond acceptors (Lipinski definition) is 2. The molecule has 0 aromatic heterocycles. The van der Waals surface area contributed by atoms with Gasteiger partial charge in [0.25, 0.3) is 0 Å². The molecule has 0 spiro atoms. The second-order valence-electron chi connectivity index (χ2n) is 5.53. The highest BCUT2D eigenvalue weighted by molar-refractivity contribution is 9.10. The smallest absolute Gasteiger partial charge is 0.228 e. The summed E-state index contributed by atoms with van der Waals surface area (Å²) in [5.41, 5.74) is 0.750. The van der Waals surface area contributed by atoms with E-state index in [2.05, 4.69) is 28.2 Å². The fourth-order valence-electron chi connectivity index (χ4n) is 2.33. The number of hydrogen-bond donors (Lipinski definition) is 1. The van der Waals surface area contributed by atoms with Gasteiger partial charge in [0.15, 0.2) is 0 Å². The first-order valence-corrected chi connectivity index (χ1v) is 8.14. The fourth-order valence-corrected chi connectivity index (χ4v) is 2.72. The van der Waals surface area contributed by atoms with Gasteiger partial charge in [0, 0.05) is 18.1 Å². The van der Waals surface area contributed by atoms with Gasteiger partial charge in [-0.2, -0.15) is 0 Å². The van der Waals surface area contributed by atoms with Crippen LogP contribution in [-0.4, -0.2) is 30.3 Å². The summed E-state index contributed by atoms with van der Waals surface area (Å²) in [7, 11) is 1.82. The Balaban J connectivity index is 1.87. The van der Waals surface area contributed by atoms with Gasteiger partial charge in [-0.25, -0.2) is 0 Å². The van der Waals surface area contributed by atoms with Crippen LogP contribution in [0.4, 0.5) is 5.69 Å². The number of benzene rings is 1. The monoisotopic (exact) mass is 352 g/mol. The Morgan fingerprint density at radius 2 is 2.05 bits per heavy atom. The third kappa shape index (κ3) is 4.06. The summed E-state index contributed by atoms with van der Waals surface area (Å²) >= 11 is 3.40. The molecule has 114 valence electrons. The zero-order valence-electron chi connectivity index (χ0n) is 12.4. The van der Waals surface area contributed by atoms with Crippen LogP contribution in [0, 0.1) is 11.8 Å². The lowest BCUT2D eigenvalue weighted by Gasteiger charge is -2.16. The van der Waals surface area contributed by atoms with Gasteiger partial charge in [-0.1, -0.05) is 25.5 Å². The summed E-state index contributed by atoms with van der Waals surface area (Å²) in [4.78, 5) is 26.1.